The molecule has 0 atom stereocenters. The van der Waals surface area contributed by atoms with E-state index < -0.39 is 0 Å². The van der Waals surface area contributed by atoms with Gasteiger partial charge in [-0.3, -0.25) is 9.69 Å². The molecule has 0 saturated carbocycles. The Morgan fingerprint density at radius 2 is 1.44 bits per heavy atom. The van der Waals surface area contributed by atoms with E-state index in [-0.39, 0.29) is 22.6 Å². The summed E-state index contributed by atoms with van der Waals surface area (Å²) in [6.45, 7) is 12.4. The Bertz CT molecular complexity index is 276. The van der Waals surface area contributed by atoms with Crippen LogP contribution < -0.4 is 0 Å². The predicted octanol–water partition coefficient (Wildman–Crippen LogP) is 2.59. The first-order valence-electron chi connectivity index (χ1n) is 5.92. The number of carbonyl (C=O) groups excluding carboxylic acids is 1. The summed E-state index contributed by atoms with van der Waals surface area (Å²) in [7, 11) is 2.15. The SMILES string of the molecule is CC(=O)OC1(C)CC(C)(C)N(C)C(C)(C)C1. The second-order valence-corrected chi connectivity index (χ2v) is 6.58. The van der Waals surface area contributed by atoms with Crippen LogP contribution in [-0.4, -0.2) is 34.6 Å². The lowest BCUT2D eigenvalue weighted by molar-refractivity contribution is -0.175. The first-order valence-corrected chi connectivity index (χ1v) is 5.92. The van der Waals surface area contributed by atoms with E-state index in [1.807, 2.05) is 6.92 Å². The van der Waals surface area contributed by atoms with Gasteiger partial charge in [-0.05, 0) is 41.7 Å². The molecule has 0 aliphatic carbocycles. The minimum Gasteiger partial charge on any atom is -0.459 e. The van der Waals surface area contributed by atoms with Crippen LogP contribution in [0.5, 0.6) is 0 Å². The topological polar surface area (TPSA) is 29.5 Å². The van der Waals surface area contributed by atoms with Crippen molar-refractivity contribution in [2.75, 3.05) is 7.05 Å². The highest BCUT2D eigenvalue weighted by Gasteiger charge is 2.50. The summed E-state index contributed by atoms with van der Waals surface area (Å²) in [4.78, 5) is 13.6. The number of likely N-dealkylation sites (tertiary alicyclic amines) is 1. The van der Waals surface area contributed by atoms with Crippen molar-refractivity contribution in [3.8, 4) is 0 Å². The van der Waals surface area contributed by atoms with Crippen LogP contribution in [-0.2, 0) is 9.53 Å². The number of hydrogen-bond acceptors (Lipinski definition) is 3. The second-order valence-electron chi connectivity index (χ2n) is 6.58. The van der Waals surface area contributed by atoms with Crippen molar-refractivity contribution in [3.63, 3.8) is 0 Å². The molecule has 16 heavy (non-hydrogen) atoms. The van der Waals surface area contributed by atoms with Gasteiger partial charge in [-0.15, -0.1) is 0 Å². The van der Waals surface area contributed by atoms with E-state index in [9.17, 15) is 4.79 Å². The summed E-state index contributed by atoms with van der Waals surface area (Å²) >= 11 is 0. The molecule has 0 radical (unpaired) electrons. The smallest absolute Gasteiger partial charge is 0.303 e. The van der Waals surface area contributed by atoms with Gasteiger partial charge in [0.1, 0.15) is 5.60 Å². The van der Waals surface area contributed by atoms with E-state index in [2.05, 4.69) is 39.6 Å². The Labute approximate surface area is 99.1 Å². The summed E-state index contributed by atoms with van der Waals surface area (Å²) in [5.74, 6) is -0.182. The van der Waals surface area contributed by atoms with Gasteiger partial charge < -0.3 is 4.74 Å². The number of hydrogen-bond donors (Lipinski definition) is 0. The fraction of sp³-hybridized carbons (Fsp3) is 0.923. The molecule has 3 nitrogen and oxygen atoms in total. The standard InChI is InChI=1S/C13H25NO2/c1-10(15)16-13(6)8-11(2,3)14(7)12(4,5)9-13/h8-9H2,1-7H3. The first kappa shape index (κ1) is 13.5. The molecule has 0 unspecified atom stereocenters. The molecular formula is C13H25NO2. The fourth-order valence-electron chi connectivity index (χ4n) is 3.37. The zero-order valence-electron chi connectivity index (χ0n) is 11.7. The van der Waals surface area contributed by atoms with Crippen LogP contribution in [0.2, 0.25) is 0 Å². The minimum absolute atomic E-state index is 0.0476. The molecule has 3 heteroatoms. The number of esters is 1. The summed E-state index contributed by atoms with van der Waals surface area (Å²) in [5.41, 5.74) is -0.247. The number of nitrogens with zero attached hydrogens (tertiary/aromatic N) is 1. The zero-order valence-corrected chi connectivity index (χ0v) is 11.7. The van der Waals surface area contributed by atoms with Crippen LogP contribution in [0, 0.1) is 0 Å². The predicted molar refractivity (Wildman–Crippen MR) is 65.3 cm³/mol. The quantitative estimate of drug-likeness (QED) is 0.645. The third-order valence-electron chi connectivity index (χ3n) is 3.82. The molecule has 0 aromatic carbocycles. The van der Waals surface area contributed by atoms with Gasteiger partial charge in [0.15, 0.2) is 0 Å². The van der Waals surface area contributed by atoms with Gasteiger partial charge in [0.05, 0.1) is 0 Å². The van der Waals surface area contributed by atoms with Crippen molar-refractivity contribution in [1.82, 2.24) is 4.90 Å². The molecule has 1 aliphatic heterocycles. The van der Waals surface area contributed by atoms with E-state index >= 15 is 0 Å². The Hall–Kier alpha value is -0.570. The lowest BCUT2D eigenvalue weighted by Gasteiger charge is -2.56. The maximum atomic E-state index is 11.2. The van der Waals surface area contributed by atoms with E-state index in [1.54, 1.807) is 0 Å². The molecule has 1 saturated heterocycles. The number of ether oxygens (including phenoxy) is 1. The van der Waals surface area contributed by atoms with Crippen LogP contribution in [0.25, 0.3) is 0 Å². The minimum atomic E-state index is -0.342. The van der Waals surface area contributed by atoms with Crippen molar-refractivity contribution >= 4 is 5.97 Å². The molecule has 1 fully saturated rings. The monoisotopic (exact) mass is 227 g/mol. The third kappa shape index (κ3) is 2.57. The normalized spacial score (nSPS) is 27.4. The second kappa shape index (κ2) is 3.73. The molecule has 0 amide bonds. The summed E-state index contributed by atoms with van der Waals surface area (Å²) in [5, 5.41) is 0. The van der Waals surface area contributed by atoms with Crippen LogP contribution >= 0.6 is 0 Å². The summed E-state index contributed by atoms with van der Waals surface area (Å²) in [6.07, 6.45) is 1.75. The van der Waals surface area contributed by atoms with Crippen LogP contribution in [0.1, 0.15) is 54.4 Å². The van der Waals surface area contributed by atoms with E-state index in [0.717, 1.165) is 12.8 Å². The van der Waals surface area contributed by atoms with Crippen LogP contribution in [0.3, 0.4) is 0 Å². The maximum absolute atomic E-state index is 11.2. The molecule has 0 bridgehead atoms. The summed E-state index contributed by atoms with van der Waals surface area (Å²) in [6, 6.07) is 0. The lowest BCUT2D eigenvalue weighted by atomic mass is 9.72. The lowest BCUT2D eigenvalue weighted by Crippen LogP contribution is -2.63. The average Bonchev–Trinajstić information content (AvgIpc) is 1.95. The van der Waals surface area contributed by atoms with Crippen molar-refractivity contribution in [2.24, 2.45) is 0 Å². The Morgan fingerprint density at radius 3 is 1.75 bits per heavy atom. The Morgan fingerprint density at radius 1 is 1.06 bits per heavy atom. The molecule has 0 N–H and O–H groups in total. The molecule has 94 valence electrons. The first-order chi connectivity index (χ1) is 6.99. The Balaban J connectivity index is 2.98. The van der Waals surface area contributed by atoms with Gasteiger partial charge in [-0.2, -0.15) is 0 Å². The average molecular weight is 227 g/mol. The number of carbonyl (C=O) groups is 1. The van der Waals surface area contributed by atoms with Crippen LogP contribution in [0.4, 0.5) is 0 Å². The van der Waals surface area contributed by atoms with Crippen molar-refractivity contribution < 1.29 is 9.53 Å². The highest BCUT2D eigenvalue weighted by Crippen LogP contribution is 2.43. The number of piperidine rings is 1. The molecule has 0 spiro atoms. The zero-order chi connectivity index (χ0) is 12.8. The van der Waals surface area contributed by atoms with Gasteiger partial charge >= 0.3 is 5.97 Å². The summed E-state index contributed by atoms with van der Waals surface area (Å²) < 4.78 is 5.53. The third-order valence-corrected chi connectivity index (χ3v) is 3.82. The largest absolute Gasteiger partial charge is 0.459 e. The highest BCUT2D eigenvalue weighted by molar-refractivity contribution is 5.66. The van der Waals surface area contributed by atoms with E-state index in [4.69, 9.17) is 4.74 Å². The molecule has 1 heterocycles. The molecule has 1 aliphatic rings. The van der Waals surface area contributed by atoms with Gasteiger partial charge in [-0.1, -0.05) is 0 Å². The molecular weight excluding hydrogens is 202 g/mol. The molecule has 0 aromatic rings. The van der Waals surface area contributed by atoms with Gasteiger partial charge in [0.25, 0.3) is 0 Å². The van der Waals surface area contributed by atoms with Gasteiger partial charge in [0.2, 0.25) is 0 Å². The van der Waals surface area contributed by atoms with Crippen molar-refractivity contribution in [2.45, 2.75) is 71.1 Å². The molecule has 0 aromatic heterocycles. The van der Waals surface area contributed by atoms with Crippen molar-refractivity contribution in [1.29, 1.82) is 0 Å². The van der Waals surface area contributed by atoms with Gasteiger partial charge in [-0.25, -0.2) is 0 Å². The number of rotatable bonds is 1. The van der Waals surface area contributed by atoms with E-state index in [1.165, 1.54) is 6.92 Å². The molecule has 1 rings (SSSR count). The van der Waals surface area contributed by atoms with Crippen LogP contribution in [0.15, 0.2) is 0 Å². The fourth-order valence-corrected chi connectivity index (χ4v) is 3.37. The van der Waals surface area contributed by atoms with E-state index in [0.29, 0.717) is 0 Å². The maximum Gasteiger partial charge on any atom is 0.303 e. The Kier molecular flexibility index (Phi) is 3.14. The van der Waals surface area contributed by atoms with Gasteiger partial charge in [0, 0.05) is 30.8 Å². The van der Waals surface area contributed by atoms with Crippen molar-refractivity contribution in [3.05, 3.63) is 0 Å². The highest BCUT2D eigenvalue weighted by atomic mass is 16.6.